The second-order valence-electron chi connectivity index (χ2n) is 3.64. The van der Waals surface area contributed by atoms with Gasteiger partial charge in [0.25, 0.3) is 0 Å². The molecular weight excluding hydrogens is 257 g/mol. The molecule has 4 nitrogen and oxygen atoms in total. The Morgan fingerprint density at radius 2 is 2.06 bits per heavy atom. The highest BCUT2D eigenvalue weighted by Gasteiger charge is 2.09. The summed E-state index contributed by atoms with van der Waals surface area (Å²) >= 11 is 0. The first-order chi connectivity index (χ1) is 8.63. The van der Waals surface area contributed by atoms with E-state index in [1.165, 1.54) is 24.3 Å². The first kappa shape index (κ1) is 14.8. The normalized spacial score (nSPS) is 12.1. The van der Waals surface area contributed by atoms with Crippen LogP contribution in [0.5, 0.6) is 0 Å². The highest BCUT2D eigenvalue weighted by Crippen LogP contribution is 2.07. The van der Waals surface area contributed by atoms with E-state index < -0.39 is 10.8 Å². The average Bonchev–Trinajstić information content (AvgIpc) is 2.35. The van der Waals surface area contributed by atoms with Crippen molar-refractivity contribution in [2.24, 2.45) is 0 Å². The third kappa shape index (κ3) is 5.37. The molecule has 0 radical (unpaired) electrons. The third-order valence-corrected chi connectivity index (χ3v) is 3.51. The van der Waals surface area contributed by atoms with Crippen LogP contribution in [-0.4, -0.2) is 36.1 Å². The van der Waals surface area contributed by atoms with Gasteiger partial charge in [0.15, 0.2) is 0 Å². The van der Waals surface area contributed by atoms with Gasteiger partial charge in [0.2, 0.25) is 5.91 Å². The smallest absolute Gasteiger partial charge is 0.233 e. The Hall–Kier alpha value is -1.27. The summed E-state index contributed by atoms with van der Waals surface area (Å²) in [6.45, 7) is 1.06. The van der Waals surface area contributed by atoms with E-state index in [0.29, 0.717) is 24.5 Å². The van der Waals surface area contributed by atoms with Crippen molar-refractivity contribution in [2.45, 2.75) is 11.3 Å². The molecule has 1 amide bonds. The molecule has 0 aromatic heterocycles. The molecular formula is C12H16FNO3S. The number of hydrogen-bond acceptors (Lipinski definition) is 3. The zero-order valence-electron chi connectivity index (χ0n) is 10.1. The van der Waals surface area contributed by atoms with Gasteiger partial charge in [-0.3, -0.25) is 9.00 Å². The fourth-order valence-corrected chi connectivity index (χ4v) is 2.23. The van der Waals surface area contributed by atoms with Gasteiger partial charge in [0.05, 0.1) is 10.8 Å². The van der Waals surface area contributed by atoms with Crippen LogP contribution in [-0.2, 0) is 20.3 Å². The molecule has 1 N–H and O–H groups in total. The lowest BCUT2D eigenvalue weighted by Gasteiger charge is -2.05. The lowest BCUT2D eigenvalue weighted by Crippen LogP contribution is -2.29. The number of ether oxygens (including phenoxy) is 1. The number of rotatable bonds is 7. The number of hydrogen-bond donors (Lipinski definition) is 1. The number of halogens is 1. The van der Waals surface area contributed by atoms with Crippen LogP contribution >= 0.6 is 0 Å². The van der Waals surface area contributed by atoms with Crippen molar-refractivity contribution in [1.29, 1.82) is 0 Å². The van der Waals surface area contributed by atoms with Crippen LogP contribution in [0.25, 0.3) is 0 Å². The van der Waals surface area contributed by atoms with Gasteiger partial charge in [-0.1, -0.05) is 0 Å². The van der Waals surface area contributed by atoms with Gasteiger partial charge in [-0.15, -0.1) is 0 Å². The highest BCUT2D eigenvalue weighted by molar-refractivity contribution is 7.85. The molecule has 0 saturated carbocycles. The second kappa shape index (κ2) is 7.94. The highest BCUT2D eigenvalue weighted by atomic mass is 32.2. The van der Waals surface area contributed by atoms with Gasteiger partial charge in [0, 0.05) is 25.2 Å². The summed E-state index contributed by atoms with van der Waals surface area (Å²) in [5, 5.41) is 2.64. The van der Waals surface area contributed by atoms with Crippen LogP contribution in [0, 0.1) is 5.82 Å². The standard InChI is InChI=1S/C12H16FNO3S/c1-17-8-2-7-14-12(15)9-18(16)11-5-3-10(13)4-6-11/h3-6H,2,7-9H2,1H3,(H,14,15). The van der Waals surface area contributed by atoms with E-state index in [2.05, 4.69) is 5.32 Å². The Kier molecular flexibility index (Phi) is 6.53. The molecule has 0 saturated heterocycles. The van der Waals surface area contributed by atoms with Crippen LogP contribution in [0.1, 0.15) is 6.42 Å². The van der Waals surface area contributed by atoms with E-state index in [4.69, 9.17) is 4.74 Å². The van der Waals surface area contributed by atoms with Gasteiger partial charge in [0.1, 0.15) is 11.6 Å². The number of methoxy groups -OCH3 is 1. The summed E-state index contributed by atoms with van der Waals surface area (Å²) in [5.74, 6) is -0.785. The van der Waals surface area contributed by atoms with Gasteiger partial charge in [-0.05, 0) is 30.7 Å². The van der Waals surface area contributed by atoms with Crippen LogP contribution in [0.2, 0.25) is 0 Å². The van der Waals surface area contributed by atoms with Crippen LogP contribution < -0.4 is 5.32 Å². The zero-order chi connectivity index (χ0) is 13.4. The molecule has 18 heavy (non-hydrogen) atoms. The van der Waals surface area contributed by atoms with Crippen molar-refractivity contribution < 1.29 is 18.1 Å². The molecule has 1 atom stereocenters. The van der Waals surface area contributed by atoms with Crippen molar-refractivity contribution in [1.82, 2.24) is 5.32 Å². The fourth-order valence-electron chi connectivity index (χ4n) is 1.28. The van der Waals surface area contributed by atoms with Crippen molar-refractivity contribution in [3.63, 3.8) is 0 Å². The number of amides is 1. The molecule has 1 unspecified atom stereocenters. The van der Waals surface area contributed by atoms with Gasteiger partial charge < -0.3 is 10.1 Å². The summed E-state index contributed by atoms with van der Waals surface area (Å²) in [5.41, 5.74) is 0. The van der Waals surface area contributed by atoms with Gasteiger partial charge >= 0.3 is 0 Å². The molecule has 6 heteroatoms. The van der Waals surface area contributed by atoms with E-state index in [1.54, 1.807) is 7.11 Å². The Balaban J connectivity index is 2.35. The van der Waals surface area contributed by atoms with Crippen molar-refractivity contribution in [3.05, 3.63) is 30.1 Å². The predicted octanol–water partition coefficient (Wildman–Crippen LogP) is 1.09. The van der Waals surface area contributed by atoms with E-state index >= 15 is 0 Å². The van der Waals surface area contributed by atoms with E-state index in [-0.39, 0.29) is 17.5 Å². The molecule has 0 aliphatic heterocycles. The topological polar surface area (TPSA) is 55.4 Å². The Bertz CT molecular complexity index is 408. The summed E-state index contributed by atoms with van der Waals surface area (Å²) in [6.07, 6.45) is 0.714. The van der Waals surface area contributed by atoms with Crippen molar-refractivity contribution in [3.8, 4) is 0 Å². The number of benzene rings is 1. The quantitative estimate of drug-likeness (QED) is 0.757. The number of carbonyl (C=O) groups is 1. The Labute approximate surface area is 108 Å². The minimum atomic E-state index is -1.44. The van der Waals surface area contributed by atoms with Crippen molar-refractivity contribution >= 4 is 16.7 Å². The maximum absolute atomic E-state index is 12.7. The Morgan fingerprint density at radius 1 is 1.39 bits per heavy atom. The molecule has 100 valence electrons. The summed E-state index contributed by atoms with van der Waals surface area (Å²) < 4.78 is 29.3. The molecule has 0 aliphatic rings. The van der Waals surface area contributed by atoms with Crippen LogP contribution in [0.15, 0.2) is 29.2 Å². The second-order valence-corrected chi connectivity index (χ2v) is 5.09. The molecule has 0 aliphatic carbocycles. The molecule has 1 aromatic carbocycles. The van der Waals surface area contributed by atoms with Crippen molar-refractivity contribution in [2.75, 3.05) is 26.0 Å². The molecule has 0 bridgehead atoms. The molecule has 0 spiro atoms. The molecule has 0 heterocycles. The summed E-state index contributed by atoms with van der Waals surface area (Å²) in [4.78, 5) is 11.9. The fraction of sp³-hybridized carbons (Fsp3) is 0.417. The number of nitrogens with one attached hydrogen (secondary N) is 1. The first-order valence-corrected chi connectivity index (χ1v) is 6.85. The lowest BCUT2D eigenvalue weighted by molar-refractivity contribution is -0.118. The monoisotopic (exact) mass is 273 g/mol. The van der Waals surface area contributed by atoms with E-state index in [9.17, 15) is 13.4 Å². The molecule has 1 aromatic rings. The number of carbonyl (C=O) groups excluding carboxylic acids is 1. The lowest BCUT2D eigenvalue weighted by atomic mass is 10.4. The first-order valence-electron chi connectivity index (χ1n) is 5.53. The maximum atomic E-state index is 12.7. The van der Waals surface area contributed by atoms with E-state index in [0.717, 1.165) is 0 Å². The van der Waals surface area contributed by atoms with Crippen LogP contribution in [0.4, 0.5) is 4.39 Å². The van der Waals surface area contributed by atoms with Crippen LogP contribution in [0.3, 0.4) is 0 Å². The molecule has 0 fully saturated rings. The largest absolute Gasteiger partial charge is 0.385 e. The van der Waals surface area contributed by atoms with E-state index in [1.807, 2.05) is 0 Å². The van der Waals surface area contributed by atoms with Gasteiger partial charge in [-0.2, -0.15) is 0 Å². The SMILES string of the molecule is COCCCNC(=O)CS(=O)c1ccc(F)cc1. The minimum absolute atomic E-state index is 0.112. The molecule has 1 rings (SSSR count). The van der Waals surface area contributed by atoms with Gasteiger partial charge in [-0.25, -0.2) is 4.39 Å². The minimum Gasteiger partial charge on any atom is -0.385 e. The summed E-state index contributed by atoms with van der Waals surface area (Å²) in [6, 6.07) is 5.29. The Morgan fingerprint density at radius 3 is 2.67 bits per heavy atom. The third-order valence-electron chi connectivity index (χ3n) is 2.19. The average molecular weight is 273 g/mol. The zero-order valence-corrected chi connectivity index (χ0v) is 11.0. The maximum Gasteiger partial charge on any atom is 0.233 e. The summed E-state index contributed by atoms with van der Waals surface area (Å²) in [7, 11) is 0.150. The predicted molar refractivity (Wildman–Crippen MR) is 67.2 cm³/mol.